The van der Waals surface area contributed by atoms with Crippen molar-refractivity contribution in [1.29, 1.82) is 0 Å². The molecule has 3 aliphatic rings. The number of piperidine rings is 2. The lowest BCUT2D eigenvalue weighted by molar-refractivity contribution is -0.136. The molecule has 4 rings (SSSR count). The molecule has 2 N–H and O–H groups in total. The maximum atomic E-state index is 12.9. The average Bonchev–Trinajstić information content (AvgIpc) is 3.05. The molecule has 1 aromatic rings. The number of carbonyl (C=O) groups is 2. The van der Waals surface area contributed by atoms with E-state index in [9.17, 15) is 14.0 Å². The average molecular weight is 424 g/mol. The van der Waals surface area contributed by atoms with Crippen LogP contribution >= 0.6 is 12.4 Å². The van der Waals surface area contributed by atoms with Crippen LogP contribution in [0.5, 0.6) is 0 Å². The number of carbonyl (C=O) groups excluding carboxylic acids is 2. The molecular weight excluding hydrogens is 393 g/mol. The number of hydrogen-bond acceptors (Lipinski definition) is 3. The van der Waals surface area contributed by atoms with Crippen LogP contribution in [0.4, 0.5) is 4.39 Å². The minimum Gasteiger partial charge on any atom is -0.352 e. The molecule has 0 spiro atoms. The summed E-state index contributed by atoms with van der Waals surface area (Å²) in [6.07, 6.45) is 6.88. The Morgan fingerprint density at radius 2 is 1.66 bits per heavy atom. The van der Waals surface area contributed by atoms with Crippen molar-refractivity contribution < 1.29 is 14.0 Å². The van der Waals surface area contributed by atoms with Gasteiger partial charge in [-0.25, -0.2) is 4.39 Å². The zero-order valence-corrected chi connectivity index (χ0v) is 17.6. The molecule has 3 saturated heterocycles. The molecule has 5 nitrogen and oxygen atoms in total. The predicted octanol–water partition coefficient (Wildman–Crippen LogP) is 3.02. The van der Waals surface area contributed by atoms with E-state index in [1.165, 1.54) is 25.0 Å². The van der Waals surface area contributed by atoms with Crippen LogP contribution in [0.15, 0.2) is 24.3 Å². The number of benzene rings is 1. The predicted molar refractivity (Wildman–Crippen MR) is 112 cm³/mol. The second kappa shape index (κ2) is 9.90. The van der Waals surface area contributed by atoms with Gasteiger partial charge in [-0.3, -0.25) is 9.59 Å². The van der Waals surface area contributed by atoms with Crippen molar-refractivity contribution in [2.24, 2.45) is 11.8 Å². The number of rotatable bonds is 5. The molecule has 3 fully saturated rings. The van der Waals surface area contributed by atoms with Crippen LogP contribution in [0.25, 0.3) is 0 Å². The molecule has 2 atom stereocenters. The lowest BCUT2D eigenvalue weighted by atomic mass is 9.88. The van der Waals surface area contributed by atoms with E-state index in [-0.39, 0.29) is 36.0 Å². The summed E-state index contributed by atoms with van der Waals surface area (Å²) in [6, 6.07) is 7.41. The Hall–Kier alpha value is -1.66. The molecular formula is C22H31ClFN3O2. The quantitative estimate of drug-likeness (QED) is 0.765. The summed E-state index contributed by atoms with van der Waals surface area (Å²) >= 11 is 0. The van der Waals surface area contributed by atoms with Gasteiger partial charge in [-0.1, -0.05) is 12.1 Å². The smallest absolute Gasteiger partial charge is 0.223 e. The van der Waals surface area contributed by atoms with Crippen LogP contribution in [0, 0.1) is 17.7 Å². The first-order chi connectivity index (χ1) is 13.6. The van der Waals surface area contributed by atoms with Gasteiger partial charge in [0.05, 0.1) is 0 Å². The molecule has 160 valence electrons. The highest BCUT2D eigenvalue weighted by Gasteiger charge is 2.35. The van der Waals surface area contributed by atoms with E-state index >= 15 is 0 Å². The van der Waals surface area contributed by atoms with Crippen molar-refractivity contribution in [2.75, 3.05) is 13.1 Å². The fourth-order valence-corrected chi connectivity index (χ4v) is 5.04. The van der Waals surface area contributed by atoms with Crippen molar-refractivity contribution in [3.05, 3.63) is 35.6 Å². The number of nitrogens with one attached hydrogen (secondary N) is 2. The minimum atomic E-state index is -0.274. The van der Waals surface area contributed by atoms with E-state index < -0.39 is 0 Å². The van der Waals surface area contributed by atoms with Crippen molar-refractivity contribution in [1.82, 2.24) is 15.5 Å². The first-order valence-corrected chi connectivity index (χ1v) is 10.6. The molecule has 2 bridgehead atoms. The van der Waals surface area contributed by atoms with E-state index in [1.54, 1.807) is 12.1 Å². The van der Waals surface area contributed by atoms with Crippen LogP contribution < -0.4 is 10.6 Å². The van der Waals surface area contributed by atoms with Gasteiger partial charge < -0.3 is 15.5 Å². The summed E-state index contributed by atoms with van der Waals surface area (Å²) in [6.45, 7) is 1.76. The van der Waals surface area contributed by atoms with Gasteiger partial charge in [0.25, 0.3) is 0 Å². The SMILES string of the molecule is Cl.O=C(NCc1ccc(F)cc1)C1CCN(C(=O)CC2CC3CCC(C2)N3)CC1. The van der Waals surface area contributed by atoms with Crippen molar-refractivity contribution in [2.45, 2.75) is 63.6 Å². The van der Waals surface area contributed by atoms with Gasteiger partial charge in [0.2, 0.25) is 11.8 Å². The minimum absolute atomic E-state index is 0. The molecule has 7 heteroatoms. The molecule has 1 aromatic carbocycles. The summed E-state index contributed by atoms with van der Waals surface area (Å²) in [7, 11) is 0. The Morgan fingerprint density at radius 1 is 1.03 bits per heavy atom. The van der Waals surface area contributed by atoms with Crippen molar-refractivity contribution >= 4 is 24.2 Å². The third-order valence-electron chi connectivity index (χ3n) is 6.63. The Labute approximate surface area is 178 Å². The summed E-state index contributed by atoms with van der Waals surface area (Å²) in [4.78, 5) is 27.1. The van der Waals surface area contributed by atoms with Crippen molar-refractivity contribution in [3.63, 3.8) is 0 Å². The van der Waals surface area contributed by atoms with Gasteiger partial charge in [0.15, 0.2) is 0 Å². The van der Waals surface area contributed by atoms with Crippen LogP contribution in [0.1, 0.15) is 50.5 Å². The molecule has 0 radical (unpaired) electrons. The summed E-state index contributed by atoms with van der Waals surface area (Å²) < 4.78 is 12.9. The first-order valence-electron chi connectivity index (χ1n) is 10.6. The van der Waals surface area contributed by atoms with Gasteiger partial charge in [-0.2, -0.15) is 0 Å². The molecule has 29 heavy (non-hydrogen) atoms. The number of hydrogen-bond donors (Lipinski definition) is 2. The Kier molecular flexibility index (Phi) is 7.52. The molecule has 3 aliphatic heterocycles. The topological polar surface area (TPSA) is 61.4 Å². The Balaban J connectivity index is 0.00000240. The molecule has 0 aliphatic carbocycles. The molecule has 2 amide bonds. The monoisotopic (exact) mass is 423 g/mol. The summed E-state index contributed by atoms with van der Waals surface area (Å²) in [5, 5.41) is 6.57. The van der Waals surface area contributed by atoms with E-state index in [2.05, 4.69) is 10.6 Å². The molecule has 0 saturated carbocycles. The lowest BCUT2D eigenvalue weighted by Gasteiger charge is -2.34. The van der Waals surface area contributed by atoms with Crippen molar-refractivity contribution in [3.8, 4) is 0 Å². The number of amides is 2. The van der Waals surface area contributed by atoms with Crippen LogP contribution in [0.2, 0.25) is 0 Å². The number of halogens is 2. The van der Waals surface area contributed by atoms with E-state index in [4.69, 9.17) is 0 Å². The fraction of sp³-hybridized carbons (Fsp3) is 0.636. The first kappa shape index (κ1) is 22.0. The van der Waals surface area contributed by atoms with E-state index in [0.29, 0.717) is 44.1 Å². The van der Waals surface area contributed by atoms with Crippen LogP contribution in [-0.4, -0.2) is 41.9 Å². The van der Waals surface area contributed by atoms with Gasteiger partial charge in [0, 0.05) is 44.1 Å². The summed E-state index contributed by atoms with van der Waals surface area (Å²) in [5.41, 5.74) is 0.887. The fourth-order valence-electron chi connectivity index (χ4n) is 5.04. The maximum Gasteiger partial charge on any atom is 0.223 e. The third kappa shape index (κ3) is 5.70. The number of fused-ring (bicyclic) bond motifs is 2. The van der Waals surface area contributed by atoms with Gasteiger partial charge in [-0.15, -0.1) is 12.4 Å². The molecule has 0 aromatic heterocycles. The van der Waals surface area contributed by atoms with E-state index in [1.807, 2.05) is 4.90 Å². The molecule has 2 unspecified atom stereocenters. The van der Waals surface area contributed by atoms with Gasteiger partial charge in [0.1, 0.15) is 5.82 Å². The van der Waals surface area contributed by atoms with Gasteiger partial charge >= 0.3 is 0 Å². The Morgan fingerprint density at radius 3 is 2.28 bits per heavy atom. The summed E-state index contributed by atoms with van der Waals surface area (Å²) in [5.74, 6) is 0.495. The second-order valence-electron chi connectivity index (χ2n) is 8.68. The zero-order chi connectivity index (χ0) is 19.5. The van der Waals surface area contributed by atoms with Gasteiger partial charge in [-0.05, 0) is 62.1 Å². The zero-order valence-electron chi connectivity index (χ0n) is 16.7. The highest BCUT2D eigenvalue weighted by Crippen LogP contribution is 2.33. The molecule has 3 heterocycles. The van der Waals surface area contributed by atoms with Crippen LogP contribution in [-0.2, 0) is 16.1 Å². The highest BCUT2D eigenvalue weighted by molar-refractivity contribution is 5.85. The largest absolute Gasteiger partial charge is 0.352 e. The van der Waals surface area contributed by atoms with Crippen LogP contribution in [0.3, 0.4) is 0 Å². The normalized spacial score (nSPS) is 26.7. The highest BCUT2D eigenvalue weighted by atomic mass is 35.5. The second-order valence-corrected chi connectivity index (χ2v) is 8.68. The number of likely N-dealkylation sites (tertiary alicyclic amines) is 1. The maximum absolute atomic E-state index is 12.9. The lowest BCUT2D eigenvalue weighted by Crippen LogP contribution is -2.44. The Bertz CT molecular complexity index is 695. The number of nitrogens with zero attached hydrogens (tertiary/aromatic N) is 1. The van der Waals surface area contributed by atoms with E-state index in [0.717, 1.165) is 31.2 Å². The standard InChI is InChI=1S/C22H30FN3O2.ClH/c23-18-3-1-15(2-4-18)14-24-22(28)17-7-9-26(10-8-17)21(27)13-16-11-19-5-6-20(12-16)25-19;/h1-4,16-17,19-20,25H,5-14H2,(H,24,28);1H. The third-order valence-corrected chi connectivity index (χ3v) is 6.63.